The Morgan fingerprint density at radius 2 is 2.23 bits per heavy atom. The molecule has 0 bridgehead atoms. The number of rotatable bonds is 3. The molecule has 1 atom stereocenters. The molecule has 2 nitrogen and oxygen atoms in total. The van der Waals surface area contributed by atoms with Crippen LogP contribution in [0.15, 0.2) is 22.7 Å². The highest BCUT2D eigenvalue weighted by Gasteiger charge is 2.11. The van der Waals surface area contributed by atoms with Crippen LogP contribution in [-0.2, 0) is 0 Å². The first-order valence-corrected chi connectivity index (χ1v) is 4.99. The average Bonchev–Trinajstić information content (AvgIpc) is 2.16. The molecular formula is C10H13BrO2. The van der Waals surface area contributed by atoms with Crippen molar-refractivity contribution in [2.24, 2.45) is 0 Å². The van der Waals surface area contributed by atoms with Gasteiger partial charge in [-0.2, -0.15) is 0 Å². The van der Waals surface area contributed by atoms with E-state index in [2.05, 4.69) is 15.9 Å². The second-order valence-electron chi connectivity index (χ2n) is 2.81. The summed E-state index contributed by atoms with van der Waals surface area (Å²) in [5, 5.41) is 9.66. The first kappa shape index (κ1) is 10.5. The van der Waals surface area contributed by atoms with Crippen molar-refractivity contribution in [3.8, 4) is 5.75 Å². The van der Waals surface area contributed by atoms with Crippen LogP contribution in [0.2, 0.25) is 0 Å². The van der Waals surface area contributed by atoms with Crippen molar-refractivity contribution in [3.05, 3.63) is 28.2 Å². The van der Waals surface area contributed by atoms with Crippen LogP contribution >= 0.6 is 15.9 Å². The summed E-state index contributed by atoms with van der Waals surface area (Å²) in [6, 6.07) is 5.62. The first-order valence-electron chi connectivity index (χ1n) is 4.20. The Bertz CT molecular complexity index is 286. The van der Waals surface area contributed by atoms with Crippen molar-refractivity contribution in [2.45, 2.75) is 19.4 Å². The maximum atomic E-state index is 9.66. The lowest BCUT2D eigenvalue weighted by Gasteiger charge is -2.13. The number of aliphatic hydroxyl groups is 1. The zero-order valence-corrected chi connectivity index (χ0v) is 9.34. The fourth-order valence-corrected chi connectivity index (χ4v) is 1.56. The maximum absolute atomic E-state index is 9.66. The fraction of sp³-hybridized carbons (Fsp3) is 0.400. The summed E-state index contributed by atoms with van der Waals surface area (Å²) in [5.74, 6) is 0.734. The quantitative estimate of drug-likeness (QED) is 0.887. The summed E-state index contributed by atoms with van der Waals surface area (Å²) in [6.45, 7) is 1.94. The third-order valence-electron chi connectivity index (χ3n) is 1.94. The molecule has 0 saturated heterocycles. The van der Waals surface area contributed by atoms with Gasteiger partial charge in [-0.15, -0.1) is 0 Å². The van der Waals surface area contributed by atoms with Crippen LogP contribution in [0.1, 0.15) is 25.0 Å². The molecule has 0 amide bonds. The molecule has 0 fully saturated rings. The average molecular weight is 245 g/mol. The van der Waals surface area contributed by atoms with E-state index >= 15 is 0 Å². The molecule has 0 saturated carbocycles. The zero-order valence-electron chi connectivity index (χ0n) is 7.75. The Morgan fingerprint density at radius 1 is 1.54 bits per heavy atom. The van der Waals surface area contributed by atoms with Crippen LogP contribution in [0.3, 0.4) is 0 Å². The lowest BCUT2D eigenvalue weighted by atomic mass is 10.1. The van der Waals surface area contributed by atoms with Gasteiger partial charge in [-0.05, 0) is 24.6 Å². The van der Waals surface area contributed by atoms with E-state index in [4.69, 9.17) is 4.74 Å². The van der Waals surface area contributed by atoms with Gasteiger partial charge in [-0.1, -0.05) is 22.9 Å². The second kappa shape index (κ2) is 4.63. The van der Waals surface area contributed by atoms with Crippen LogP contribution in [0.4, 0.5) is 0 Å². The van der Waals surface area contributed by atoms with Gasteiger partial charge in [-0.25, -0.2) is 0 Å². The smallest absolute Gasteiger partial charge is 0.124 e. The molecule has 0 spiro atoms. The number of hydrogen-bond donors (Lipinski definition) is 1. The molecule has 1 N–H and O–H groups in total. The van der Waals surface area contributed by atoms with E-state index in [9.17, 15) is 5.11 Å². The molecule has 1 rings (SSSR count). The Hall–Kier alpha value is -0.540. The number of methoxy groups -OCH3 is 1. The van der Waals surface area contributed by atoms with Crippen molar-refractivity contribution < 1.29 is 9.84 Å². The molecule has 0 aromatic heterocycles. The van der Waals surface area contributed by atoms with Crippen molar-refractivity contribution in [3.63, 3.8) is 0 Å². The monoisotopic (exact) mass is 244 g/mol. The molecule has 1 aromatic carbocycles. The van der Waals surface area contributed by atoms with E-state index in [1.54, 1.807) is 7.11 Å². The van der Waals surface area contributed by atoms with Crippen molar-refractivity contribution in [2.75, 3.05) is 7.11 Å². The molecule has 0 aliphatic rings. The topological polar surface area (TPSA) is 29.5 Å². The van der Waals surface area contributed by atoms with Crippen molar-refractivity contribution in [1.29, 1.82) is 0 Å². The number of ether oxygens (including phenoxy) is 1. The summed E-state index contributed by atoms with van der Waals surface area (Å²) in [7, 11) is 1.61. The van der Waals surface area contributed by atoms with E-state index in [-0.39, 0.29) is 0 Å². The third-order valence-corrected chi connectivity index (χ3v) is 2.43. The molecule has 1 aromatic rings. The summed E-state index contributed by atoms with van der Waals surface area (Å²) < 4.78 is 6.10. The van der Waals surface area contributed by atoms with Gasteiger partial charge in [0.15, 0.2) is 0 Å². The highest BCUT2D eigenvalue weighted by Crippen LogP contribution is 2.29. The van der Waals surface area contributed by atoms with E-state index < -0.39 is 6.10 Å². The minimum atomic E-state index is -0.451. The highest BCUT2D eigenvalue weighted by molar-refractivity contribution is 9.10. The highest BCUT2D eigenvalue weighted by atomic mass is 79.9. The van der Waals surface area contributed by atoms with Gasteiger partial charge >= 0.3 is 0 Å². The molecule has 0 radical (unpaired) electrons. The van der Waals surface area contributed by atoms with Gasteiger partial charge in [0.25, 0.3) is 0 Å². The molecule has 0 heterocycles. The summed E-state index contributed by atoms with van der Waals surface area (Å²) >= 11 is 3.36. The molecule has 13 heavy (non-hydrogen) atoms. The Labute approximate surface area is 86.7 Å². The molecule has 0 unspecified atom stereocenters. The zero-order chi connectivity index (χ0) is 9.84. The van der Waals surface area contributed by atoms with Gasteiger partial charge in [0, 0.05) is 10.0 Å². The summed E-state index contributed by atoms with van der Waals surface area (Å²) in [6.07, 6.45) is 0.236. The number of hydrogen-bond acceptors (Lipinski definition) is 2. The predicted molar refractivity (Wildman–Crippen MR) is 55.9 cm³/mol. The summed E-state index contributed by atoms with van der Waals surface area (Å²) in [5.41, 5.74) is 0.833. The van der Waals surface area contributed by atoms with E-state index in [0.717, 1.165) is 15.8 Å². The molecule has 0 aliphatic heterocycles. The Morgan fingerprint density at radius 3 is 2.77 bits per heavy atom. The van der Waals surface area contributed by atoms with E-state index in [1.807, 2.05) is 25.1 Å². The minimum Gasteiger partial charge on any atom is -0.496 e. The van der Waals surface area contributed by atoms with Gasteiger partial charge in [0.05, 0.1) is 13.2 Å². The van der Waals surface area contributed by atoms with E-state index in [0.29, 0.717) is 6.42 Å². The van der Waals surface area contributed by atoms with Crippen LogP contribution < -0.4 is 4.74 Å². The van der Waals surface area contributed by atoms with Gasteiger partial charge < -0.3 is 9.84 Å². The van der Waals surface area contributed by atoms with Gasteiger partial charge in [-0.3, -0.25) is 0 Å². The van der Waals surface area contributed by atoms with Crippen molar-refractivity contribution >= 4 is 15.9 Å². The lowest BCUT2D eigenvalue weighted by Crippen LogP contribution is -1.98. The van der Waals surface area contributed by atoms with Crippen LogP contribution in [-0.4, -0.2) is 12.2 Å². The number of halogens is 1. The number of benzene rings is 1. The summed E-state index contributed by atoms with van der Waals surface area (Å²) in [4.78, 5) is 0. The van der Waals surface area contributed by atoms with Gasteiger partial charge in [0.2, 0.25) is 0 Å². The Balaban J connectivity index is 3.07. The SMILES string of the molecule is CC[C@H](O)c1cc(Br)ccc1OC. The Kier molecular flexibility index (Phi) is 3.75. The van der Waals surface area contributed by atoms with Crippen LogP contribution in [0, 0.1) is 0 Å². The fourth-order valence-electron chi connectivity index (χ4n) is 1.19. The molecule has 3 heteroatoms. The third kappa shape index (κ3) is 2.45. The molecular weight excluding hydrogens is 232 g/mol. The van der Waals surface area contributed by atoms with Crippen LogP contribution in [0.5, 0.6) is 5.75 Å². The van der Waals surface area contributed by atoms with E-state index in [1.165, 1.54) is 0 Å². The normalized spacial score (nSPS) is 12.6. The number of aliphatic hydroxyl groups excluding tert-OH is 1. The molecule has 0 aliphatic carbocycles. The van der Waals surface area contributed by atoms with Crippen LogP contribution in [0.25, 0.3) is 0 Å². The largest absolute Gasteiger partial charge is 0.496 e. The molecule has 72 valence electrons. The minimum absolute atomic E-state index is 0.451. The predicted octanol–water partition coefficient (Wildman–Crippen LogP) is 2.90. The maximum Gasteiger partial charge on any atom is 0.124 e. The lowest BCUT2D eigenvalue weighted by molar-refractivity contribution is 0.169. The first-order chi connectivity index (χ1) is 6.19. The van der Waals surface area contributed by atoms with Crippen molar-refractivity contribution in [1.82, 2.24) is 0 Å². The van der Waals surface area contributed by atoms with Gasteiger partial charge in [0.1, 0.15) is 5.75 Å². The second-order valence-corrected chi connectivity index (χ2v) is 3.73. The standard InChI is InChI=1S/C10H13BrO2/c1-3-9(12)8-6-7(11)4-5-10(8)13-2/h4-6,9,12H,3H2,1-2H3/t9-/m0/s1.